The molecular formula is C26H38N2O5. The maximum atomic E-state index is 11.6. The number of aromatic hydroxyl groups is 1. The summed E-state index contributed by atoms with van der Waals surface area (Å²) < 4.78 is 10.5. The first-order valence-electron chi connectivity index (χ1n) is 11.9. The minimum atomic E-state index is -0.738. The van der Waals surface area contributed by atoms with Crippen LogP contribution in [0.4, 0.5) is 10.5 Å². The standard InChI is InChI=1S/C26H38N2O5/c1-2-33-26(31)28-23-19-22(14-15-24(23)29)25(30)20-27-16-8-3-4-9-17-32-18-10-13-21-11-6-5-7-12-21/h5-7,11-12,14-15,19,25,27,29-30H,2-4,8-10,13,16-18,20H2,1H3,(H,28,31). The van der Waals surface area contributed by atoms with Crippen LogP contribution in [0.1, 0.15) is 56.3 Å². The fourth-order valence-electron chi connectivity index (χ4n) is 3.43. The number of hydrogen-bond donors (Lipinski definition) is 4. The molecule has 0 aromatic heterocycles. The Labute approximate surface area is 197 Å². The molecule has 0 saturated carbocycles. The second kappa shape index (κ2) is 16.1. The van der Waals surface area contributed by atoms with Crippen LogP contribution in [0.15, 0.2) is 48.5 Å². The number of carbonyl (C=O) groups is 1. The number of aliphatic hydroxyl groups excluding tert-OH is 1. The molecule has 0 aliphatic rings. The number of benzene rings is 2. The molecule has 2 aromatic carbocycles. The van der Waals surface area contributed by atoms with Gasteiger partial charge in [0.25, 0.3) is 0 Å². The number of amides is 1. The number of carbonyl (C=O) groups excluding carboxylic acids is 1. The molecule has 1 amide bonds. The van der Waals surface area contributed by atoms with Gasteiger partial charge in [0.1, 0.15) is 5.75 Å². The molecule has 0 spiro atoms. The van der Waals surface area contributed by atoms with E-state index in [9.17, 15) is 15.0 Å². The molecule has 1 unspecified atom stereocenters. The fraction of sp³-hybridized carbons (Fsp3) is 0.500. The first-order valence-corrected chi connectivity index (χ1v) is 11.9. The van der Waals surface area contributed by atoms with E-state index in [1.54, 1.807) is 19.1 Å². The summed E-state index contributed by atoms with van der Waals surface area (Å²) in [5.41, 5.74) is 2.18. The molecule has 0 saturated heterocycles. The van der Waals surface area contributed by atoms with Crippen LogP contribution in [0.2, 0.25) is 0 Å². The number of unbranched alkanes of at least 4 members (excludes halogenated alkanes) is 3. The smallest absolute Gasteiger partial charge is 0.411 e. The van der Waals surface area contributed by atoms with Gasteiger partial charge in [0.15, 0.2) is 0 Å². The average Bonchev–Trinajstić information content (AvgIpc) is 2.82. The zero-order valence-corrected chi connectivity index (χ0v) is 19.6. The van der Waals surface area contributed by atoms with Crippen LogP contribution in [0.5, 0.6) is 5.75 Å². The summed E-state index contributed by atoms with van der Waals surface area (Å²) in [5, 5.41) is 26.0. The Kier molecular flexibility index (Phi) is 13.0. The van der Waals surface area contributed by atoms with Crippen molar-refractivity contribution in [3.8, 4) is 5.75 Å². The molecule has 0 aliphatic carbocycles. The lowest BCUT2D eigenvalue weighted by atomic mass is 10.1. The van der Waals surface area contributed by atoms with Gasteiger partial charge in [-0.25, -0.2) is 4.79 Å². The van der Waals surface area contributed by atoms with E-state index in [1.807, 2.05) is 6.07 Å². The van der Waals surface area contributed by atoms with Gasteiger partial charge in [0.2, 0.25) is 0 Å². The minimum absolute atomic E-state index is 0.0767. The van der Waals surface area contributed by atoms with Crippen LogP contribution in [-0.2, 0) is 15.9 Å². The van der Waals surface area contributed by atoms with Gasteiger partial charge in [-0.2, -0.15) is 0 Å². The SMILES string of the molecule is CCOC(=O)Nc1cc(C(O)CNCCCCCCOCCCc2ccccc2)ccc1O. The van der Waals surface area contributed by atoms with Crippen molar-refractivity contribution in [2.24, 2.45) is 0 Å². The molecule has 1 atom stereocenters. The molecule has 0 bridgehead atoms. The van der Waals surface area contributed by atoms with E-state index in [0.29, 0.717) is 12.1 Å². The largest absolute Gasteiger partial charge is 0.506 e. The fourth-order valence-corrected chi connectivity index (χ4v) is 3.43. The molecule has 4 N–H and O–H groups in total. The third-order valence-corrected chi connectivity index (χ3v) is 5.24. The summed E-state index contributed by atoms with van der Waals surface area (Å²) in [5.74, 6) is -0.0767. The number of ether oxygens (including phenoxy) is 2. The van der Waals surface area contributed by atoms with Crippen LogP contribution >= 0.6 is 0 Å². The second-order valence-electron chi connectivity index (χ2n) is 7.96. The zero-order valence-electron chi connectivity index (χ0n) is 19.6. The van der Waals surface area contributed by atoms with E-state index >= 15 is 0 Å². The van der Waals surface area contributed by atoms with Gasteiger partial charge in [-0.05, 0) is 62.4 Å². The van der Waals surface area contributed by atoms with Gasteiger partial charge < -0.3 is 25.0 Å². The average molecular weight is 459 g/mol. The number of phenols is 1. The van der Waals surface area contributed by atoms with Crippen molar-refractivity contribution in [3.63, 3.8) is 0 Å². The molecule has 7 heteroatoms. The van der Waals surface area contributed by atoms with Crippen LogP contribution < -0.4 is 10.6 Å². The third kappa shape index (κ3) is 11.2. The summed E-state index contributed by atoms with van der Waals surface area (Å²) in [7, 11) is 0. The number of aryl methyl sites for hydroxylation is 1. The quantitative estimate of drug-likeness (QED) is 0.213. The Morgan fingerprint density at radius 2 is 1.76 bits per heavy atom. The summed E-state index contributed by atoms with van der Waals surface area (Å²) in [6.45, 7) is 4.77. The molecule has 7 nitrogen and oxygen atoms in total. The predicted octanol–water partition coefficient (Wildman–Crippen LogP) is 4.79. The molecule has 0 heterocycles. The first kappa shape index (κ1) is 26.6. The predicted molar refractivity (Wildman–Crippen MR) is 131 cm³/mol. The topological polar surface area (TPSA) is 100 Å². The highest BCUT2D eigenvalue weighted by Gasteiger charge is 2.12. The second-order valence-corrected chi connectivity index (χ2v) is 7.96. The zero-order chi connectivity index (χ0) is 23.7. The normalized spacial score (nSPS) is 11.8. The van der Waals surface area contributed by atoms with E-state index in [4.69, 9.17) is 9.47 Å². The first-order chi connectivity index (χ1) is 16.1. The number of rotatable bonds is 16. The van der Waals surface area contributed by atoms with Crippen LogP contribution in [0, 0.1) is 0 Å². The highest BCUT2D eigenvalue weighted by Crippen LogP contribution is 2.27. The van der Waals surface area contributed by atoms with Gasteiger partial charge in [0.05, 0.1) is 18.4 Å². The van der Waals surface area contributed by atoms with Crippen molar-refractivity contribution >= 4 is 11.8 Å². The number of hydrogen-bond acceptors (Lipinski definition) is 6. The maximum absolute atomic E-state index is 11.6. The number of aliphatic hydroxyl groups is 1. The molecule has 2 rings (SSSR count). The Morgan fingerprint density at radius 3 is 2.55 bits per heavy atom. The van der Waals surface area contributed by atoms with E-state index in [1.165, 1.54) is 11.6 Å². The van der Waals surface area contributed by atoms with Crippen LogP contribution in [0.25, 0.3) is 0 Å². The van der Waals surface area contributed by atoms with E-state index in [0.717, 1.165) is 58.3 Å². The molecule has 2 aromatic rings. The van der Waals surface area contributed by atoms with E-state index in [-0.39, 0.29) is 18.0 Å². The van der Waals surface area contributed by atoms with E-state index < -0.39 is 12.2 Å². The summed E-state index contributed by atoms with van der Waals surface area (Å²) in [4.78, 5) is 11.6. The number of phenolic OH excluding ortho intramolecular Hbond substituents is 1. The van der Waals surface area contributed by atoms with Crippen molar-refractivity contribution in [3.05, 3.63) is 59.7 Å². The molecule has 0 fully saturated rings. The Balaban J connectivity index is 1.49. The number of nitrogens with one attached hydrogen (secondary N) is 2. The Bertz CT molecular complexity index is 801. The van der Waals surface area contributed by atoms with E-state index in [2.05, 4.69) is 34.9 Å². The summed E-state index contributed by atoms with van der Waals surface area (Å²) in [6, 6.07) is 15.1. The van der Waals surface area contributed by atoms with Crippen LogP contribution in [0.3, 0.4) is 0 Å². The molecule has 0 aliphatic heterocycles. The third-order valence-electron chi connectivity index (χ3n) is 5.24. The van der Waals surface area contributed by atoms with Crippen molar-refractivity contribution in [2.75, 3.05) is 38.2 Å². The highest BCUT2D eigenvalue weighted by molar-refractivity contribution is 5.86. The lowest BCUT2D eigenvalue weighted by molar-refractivity contribution is 0.127. The summed E-state index contributed by atoms with van der Waals surface area (Å²) >= 11 is 0. The van der Waals surface area contributed by atoms with Gasteiger partial charge in [-0.3, -0.25) is 5.32 Å². The van der Waals surface area contributed by atoms with Crippen LogP contribution in [-0.4, -0.2) is 49.2 Å². The van der Waals surface area contributed by atoms with Gasteiger partial charge in [0, 0.05) is 19.8 Å². The van der Waals surface area contributed by atoms with Gasteiger partial charge >= 0.3 is 6.09 Å². The van der Waals surface area contributed by atoms with Crippen molar-refractivity contribution in [2.45, 2.75) is 51.6 Å². The number of anilines is 1. The molecule has 33 heavy (non-hydrogen) atoms. The van der Waals surface area contributed by atoms with Crippen molar-refractivity contribution in [1.82, 2.24) is 5.32 Å². The molecule has 182 valence electrons. The Hall–Kier alpha value is -2.61. The minimum Gasteiger partial charge on any atom is -0.506 e. The van der Waals surface area contributed by atoms with Crippen molar-refractivity contribution in [1.29, 1.82) is 0 Å². The monoisotopic (exact) mass is 458 g/mol. The molecular weight excluding hydrogens is 420 g/mol. The summed E-state index contributed by atoms with van der Waals surface area (Å²) in [6.07, 6.45) is 5.08. The lowest BCUT2D eigenvalue weighted by Gasteiger charge is -2.15. The Morgan fingerprint density at radius 1 is 1.00 bits per heavy atom. The molecule has 0 radical (unpaired) electrons. The highest BCUT2D eigenvalue weighted by atomic mass is 16.5. The van der Waals surface area contributed by atoms with Crippen molar-refractivity contribution < 1.29 is 24.5 Å². The lowest BCUT2D eigenvalue weighted by Crippen LogP contribution is -2.22. The maximum Gasteiger partial charge on any atom is 0.411 e. The van der Waals surface area contributed by atoms with Gasteiger partial charge in [-0.15, -0.1) is 0 Å². The van der Waals surface area contributed by atoms with Gasteiger partial charge in [-0.1, -0.05) is 49.2 Å².